The molecule has 0 saturated heterocycles. The van der Waals surface area contributed by atoms with Gasteiger partial charge < -0.3 is 4.74 Å². The van der Waals surface area contributed by atoms with Gasteiger partial charge in [0.2, 0.25) is 5.82 Å². The number of ether oxygens (including phenoxy) is 1. The van der Waals surface area contributed by atoms with Crippen molar-refractivity contribution in [2.45, 2.75) is 31.1 Å². The summed E-state index contributed by atoms with van der Waals surface area (Å²) in [7, 11) is -4.03. The summed E-state index contributed by atoms with van der Waals surface area (Å²) >= 11 is 17.7. The van der Waals surface area contributed by atoms with E-state index in [0.717, 1.165) is 19.3 Å². The molecule has 0 radical (unpaired) electrons. The smallest absolute Gasteiger partial charge is 0.264 e. The van der Waals surface area contributed by atoms with Gasteiger partial charge in [0, 0.05) is 0 Å². The van der Waals surface area contributed by atoms with Crippen LogP contribution >= 0.6 is 34.8 Å². The number of sulfonamides is 1. The zero-order valence-corrected chi connectivity index (χ0v) is 16.4. The zero-order chi connectivity index (χ0) is 18.4. The number of anilines is 1. The van der Waals surface area contributed by atoms with E-state index in [-0.39, 0.29) is 31.8 Å². The van der Waals surface area contributed by atoms with Crippen molar-refractivity contribution in [1.82, 2.24) is 9.97 Å². The molecule has 136 valence electrons. The molecule has 0 saturated carbocycles. The second-order valence-electron chi connectivity index (χ2n) is 5.06. The number of halogens is 3. The SMILES string of the molecule is CCCCCOc1nc(Cl)cnc1NS(=O)(=O)c1cccc(Cl)c1Cl. The van der Waals surface area contributed by atoms with Crippen molar-refractivity contribution >= 4 is 50.6 Å². The predicted molar refractivity (Wildman–Crippen MR) is 99.3 cm³/mol. The number of benzene rings is 1. The molecule has 0 aliphatic heterocycles. The van der Waals surface area contributed by atoms with Gasteiger partial charge in [-0.25, -0.2) is 13.4 Å². The first-order valence-corrected chi connectivity index (χ1v) is 10.1. The summed E-state index contributed by atoms with van der Waals surface area (Å²) in [6.07, 6.45) is 4.03. The standard InChI is InChI=1S/C15H16Cl3N3O3S/c1-2-3-4-8-24-15-14(19-9-12(17)20-15)21-25(22,23)11-7-5-6-10(16)13(11)18/h5-7,9H,2-4,8H2,1H3,(H,19,21). The van der Waals surface area contributed by atoms with Crippen molar-refractivity contribution in [1.29, 1.82) is 0 Å². The monoisotopic (exact) mass is 423 g/mol. The average molecular weight is 425 g/mol. The van der Waals surface area contributed by atoms with E-state index in [1.165, 1.54) is 24.4 Å². The van der Waals surface area contributed by atoms with Gasteiger partial charge in [-0.2, -0.15) is 4.98 Å². The number of rotatable bonds is 8. The fourth-order valence-corrected chi connectivity index (χ4v) is 3.81. The fourth-order valence-electron chi connectivity index (χ4n) is 1.92. The van der Waals surface area contributed by atoms with Gasteiger partial charge in [-0.3, -0.25) is 4.72 Å². The summed E-state index contributed by atoms with van der Waals surface area (Å²) in [6.45, 7) is 2.43. The molecule has 0 unspecified atom stereocenters. The summed E-state index contributed by atoms with van der Waals surface area (Å²) in [5.74, 6) is -0.0673. The van der Waals surface area contributed by atoms with Crippen molar-refractivity contribution < 1.29 is 13.2 Å². The quantitative estimate of drug-likeness (QED) is 0.615. The van der Waals surface area contributed by atoms with E-state index < -0.39 is 10.0 Å². The highest BCUT2D eigenvalue weighted by Gasteiger charge is 2.22. The summed E-state index contributed by atoms with van der Waals surface area (Å²) in [5.41, 5.74) is 0. The summed E-state index contributed by atoms with van der Waals surface area (Å²) in [6, 6.07) is 4.31. The van der Waals surface area contributed by atoms with Crippen molar-refractivity contribution in [3.05, 3.63) is 39.6 Å². The molecule has 10 heteroatoms. The molecule has 2 aromatic rings. The minimum Gasteiger partial charge on any atom is -0.475 e. The predicted octanol–water partition coefficient (Wildman–Crippen LogP) is 4.81. The Bertz CT molecular complexity index is 847. The average Bonchev–Trinajstić information content (AvgIpc) is 2.56. The second kappa shape index (κ2) is 8.89. The first-order valence-electron chi connectivity index (χ1n) is 7.47. The molecule has 1 aromatic carbocycles. The Morgan fingerprint density at radius 3 is 2.68 bits per heavy atom. The van der Waals surface area contributed by atoms with Crippen LogP contribution in [-0.2, 0) is 10.0 Å². The molecule has 1 aromatic heterocycles. The lowest BCUT2D eigenvalue weighted by Gasteiger charge is -2.13. The molecule has 6 nitrogen and oxygen atoms in total. The van der Waals surface area contributed by atoms with Crippen LogP contribution in [0, 0.1) is 0 Å². The highest BCUT2D eigenvalue weighted by molar-refractivity contribution is 7.92. The third-order valence-electron chi connectivity index (χ3n) is 3.13. The third-order valence-corrected chi connectivity index (χ3v) is 5.63. The van der Waals surface area contributed by atoms with Crippen LogP contribution in [0.15, 0.2) is 29.3 Å². The van der Waals surface area contributed by atoms with Gasteiger partial charge in [-0.15, -0.1) is 0 Å². The third kappa shape index (κ3) is 5.34. The summed E-state index contributed by atoms with van der Waals surface area (Å²) in [4.78, 5) is 7.77. The Morgan fingerprint density at radius 2 is 1.96 bits per heavy atom. The minimum atomic E-state index is -4.03. The fraction of sp³-hybridized carbons (Fsp3) is 0.333. The molecule has 0 aliphatic carbocycles. The summed E-state index contributed by atoms with van der Waals surface area (Å²) < 4.78 is 33.0. The first-order chi connectivity index (χ1) is 11.8. The van der Waals surface area contributed by atoms with Crippen molar-refractivity contribution in [3.8, 4) is 5.88 Å². The zero-order valence-electron chi connectivity index (χ0n) is 13.3. The molecule has 0 spiro atoms. The normalized spacial score (nSPS) is 11.4. The summed E-state index contributed by atoms with van der Waals surface area (Å²) in [5, 5.41) is 0.140. The van der Waals surface area contributed by atoms with Crippen molar-refractivity contribution in [3.63, 3.8) is 0 Å². The topological polar surface area (TPSA) is 81.2 Å². The van der Waals surface area contributed by atoms with Gasteiger partial charge in [-0.05, 0) is 18.6 Å². The highest BCUT2D eigenvalue weighted by Crippen LogP contribution is 2.31. The van der Waals surface area contributed by atoms with Crippen LogP contribution in [-0.4, -0.2) is 25.0 Å². The van der Waals surface area contributed by atoms with E-state index in [0.29, 0.717) is 6.61 Å². The lowest BCUT2D eigenvalue weighted by Crippen LogP contribution is -2.16. The van der Waals surface area contributed by atoms with E-state index >= 15 is 0 Å². The molecule has 25 heavy (non-hydrogen) atoms. The van der Waals surface area contributed by atoms with Crippen LogP contribution in [0.1, 0.15) is 26.2 Å². The maximum Gasteiger partial charge on any atom is 0.264 e. The molecule has 1 heterocycles. The molecular weight excluding hydrogens is 409 g/mol. The van der Waals surface area contributed by atoms with Crippen LogP contribution in [0.2, 0.25) is 15.2 Å². The molecule has 0 amide bonds. The Morgan fingerprint density at radius 1 is 1.20 bits per heavy atom. The van der Waals surface area contributed by atoms with Crippen LogP contribution in [0.25, 0.3) is 0 Å². The van der Waals surface area contributed by atoms with Crippen LogP contribution in [0.4, 0.5) is 5.82 Å². The van der Waals surface area contributed by atoms with Crippen LogP contribution in [0.5, 0.6) is 5.88 Å². The van der Waals surface area contributed by atoms with Gasteiger partial charge in [0.1, 0.15) is 4.90 Å². The maximum atomic E-state index is 12.6. The highest BCUT2D eigenvalue weighted by atomic mass is 35.5. The van der Waals surface area contributed by atoms with Gasteiger partial charge in [0.25, 0.3) is 15.9 Å². The van der Waals surface area contributed by atoms with E-state index in [1.807, 2.05) is 0 Å². The van der Waals surface area contributed by atoms with Crippen LogP contribution < -0.4 is 9.46 Å². The van der Waals surface area contributed by atoms with E-state index in [9.17, 15) is 8.42 Å². The lowest BCUT2D eigenvalue weighted by molar-refractivity contribution is 0.295. The van der Waals surface area contributed by atoms with Gasteiger partial charge >= 0.3 is 0 Å². The van der Waals surface area contributed by atoms with E-state index in [1.54, 1.807) is 0 Å². The number of aromatic nitrogens is 2. The lowest BCUT2D eigenvalue weighted by atomic mass is 10.3. The number of unbranched alkanes of at least 4 members (excludes halogenated alkanes) is 2. The number of nitrogens with one attached hydrogen (secondary N) is 1. The Balaban J connectivity index is 2.28. The molecule has 0 bridgehead atoms. The molecule has 2 rings (SSSR count). The molecule has 0 fully saturated rings. The molecule has 1 N–H and O–H groups in total. The van der Waals surface area contributed by atoms with E-state index in [2.05, 4.69) is 21.6 Å². The van der Waals surface area contributed by atoms with E-state index in [4.69, 9.17) is 39.5 Å². The largest absolute Gasteiger partial charge is 0.475 e. The van der Waals surface area contributed by atoms with Crippen molar-refractivity contribution in [2.24, 2.45) is 0 Å². The first kappa shape index (κ1) is 20.0. The number of nitrogens with zero attached hydrogens (tertiary/aromatic N) is 2. The Hall–Kier alpha value is -1.28. The minimum absolute atomic E-state index is 0.00493. The Kier molecular flexibility index (Phi) is 7.13. The number of hydrogen-bond donors (Lipinski definition) is 1. The van der Waals surface area contributed by atoms with Crippen LogP contribution in [0.3, 0.4) is 0 Å². The van der Waals surface area contributed by atoms with Gasteiger partial charge in [0.15, 0.2) is 5.15 Å². The molecular formula is C15H16Cl3N3O3S. The van der Waals surface area contributed by atoms with Gasteiger partial charge in [-0.1, -0.05) is 60.6 Å². The number of hydrogen-bond acceptors (Lipinski definition) is 5. The van der Waals surface area contributed by atoms with Gasteiger partial charge in [0.05, 0.1) is 22.8 Å². The Labute approximate surface area is 161 Å². The maximum absolute atomic E-state index is 12.6. The molecule has 0 atom stereocenters. The van der Waals surface area contributed by atoms with Crippen molar-refractivity contribution in [2.75, 3.05) is 11.3 Å². The molecule has 0 aliphatic rings. The second-order valence-corrected chi connectivity index (χ2v) is 7.88.